The Bertz CT molecular complexity index is 2090. The summed E-state index contributed by atoms with van der Waals surface area (Å²) in [6.45, 7) is 1.83. The number of aromatic nitrogens is 2. The van der Waals surface area contributed by atoms with Crippen LogP contribution in [0.3, 0.4) is 0 Å². The lowest BCUT2D eigenvalue weighted by atomic mass is 10.00. The highest BCUT2D eigenvalue weighted by Crippen LogP contribution is 2.50. The third-order valence-electron chi connectivity index (χ3n) is 7.38. The molecular weight excluding hydrogens is 518 g/mol. The summed E-state index contributed by atoms with van der Waals surface area (Å²) in [4.78, 5) is 20.3. The number of hydrogen-bond acceptors (Lipinski definition) is 6. The highest BCUT2D eigenvalue weighted by atomic mass is 35.5. The Morgan fingerprint density at radius 1 is 0.737 bits per heavy atom. The quantitative estimate of drug-likeness (QED) is 0.179. The van der Waals surface area contributed by atoms with Gasteiger partial charge in [-0.05, 0) is 0 Å². The van der Waals surface area contributed by atoms with Crippen molar-refractivity contribution in [1.82, 2.24) is 8.96 Å². The zero-order chi connectivity index (χ0) is 25.6. The predicted octanol–water partition coefficient (Wildman–Crippen LogP) is 5.22. The van der Waals surface area contributed by atoms with E-state index in [9.17, 15) is 4.57 Å². The van der Waals surface area contributed by atoms with Gasteiger partial charge in [0.1, 0.15) is 22.6 Å². The second-order valence-corrected chi connectivity index (χ2v) is 12.9. The summed E-state index contributed by atoms with van der Waals surface area (Å²) < 4.78 is 24.1. The van der Waals surface area contributed by atoms with Crippen LogP contribution >= 0.6 is 19.0 Å². The first-order valence-electron chi connectivity index (χ1n) is 12.4. The van der Waals surface area contributed by atoms with Gasteiger partial charge in [-0.15, -0.1) is 11.6 Å². The minimum Gasteiger partial charge on any atom is -0.345 e. The second kappa shape index (κ2) is 7.87. The van der Waals surface area contributed by atoms with E-state index in [0.717, 1.165) is 32.7 Å². The summed E-state index contributed by atoms with van der Waals surface area (Å²) in [6, 6.07) is 24.0. The first-order valence-corrected chi connectivity index (χ1v) is 14.9. The van der Waals surface area contributed by atoms with Gasteiger partial charge < -0.3 is 13.4 Å². The van der Waals surface area contributed by atoms with Gasteiger partial charge in [0.2, 0.25) is 7.37 Å². The first kappa shape index (κ1) is 22.2. The molecule has 4 bridgehead atoms. The fourth-order valence-corrected chi connectivity index (χ4v) is 7.06. The zero-order valence-electron chi connectivity index (χ0n) is 20.2. The van der Waals surface area contributed by atoms with Crippen LogP contribution in [0.2, 0.25) is 0 Å². The topological polar surface area (TPSA) is 85.6 Å². The maximum absolute atomic E-state index is 13.8. The highest BCUT2D eigenvalue weighted by molar-refractivity contribution is 7.61. The van der Waals surface area contributed by atoms with E-state index in [-0.39, 0.29) is 5.62 Å². The van der Waals surface area contributed by atoms with Gasteiger partial charge in [-0.25, -0.2) is 20.0 Å². The Labute approximate surface area is 222 Å². The monoisotopic (exact) mass is 536 g/mol. The summed E-state index contributed by atoms with van der Waals surface area (Å²) in [7, 11) is -4.07. The molecule has 38 heavy (non-hydrogen) atoms. The molecule has 0 saturated heterocycles. The fraction of sp³-hybridized carbons (Fsp3) is 0.111. The molecule has 2 aromatic heterocycles. The number of amidine groups is 2. The molecule has 5 aromatic rings. The molecule has 184 valence electrons. The summed E-state index contributed by atoms with van der Waals surface area (Å²) in [5, 5.41) is 3.64. The minimum absolute atomic E-state index is 0.0993. The molecule has 3 aliphatic rings. The molecule has 0 spiro atoms. The van der Waals surface area contributed by atoms with Crippen molar-refractivity contribution in [2.45, 2.75) is 6.92 Å². The van der Waals surface area contributed by atoms with Crippen LogP contribution in [0.15, 0.2) is 92.8 Å². The molecule has 1 unspecified atom stereocenters. The Morgan fingerprint density at radius 2 is 1.26 bits per heavy atom. The molecule has 8 nitrogen and oxygen atoms in total. The Hall–Kier alpha value is -3.78. The highest BCUT2D eigenvalue weighted by Gasteiger charge is 2.42. The number of benzene rings is 3. The largest absolute Gasteiger partial charge is 0.568 e. The van der Waals surface area contributed by atoms with Crippen molar-refractivity contribution < 1.29 is 9.01 Å². The lowest BCUT2D eigenvalue weighted by Gasteiger charge is -2.26. The van der Waals surface area contributed by atoms with E-state index in [1.165, 1.54) is 0 Å². The van der Waals surface area contributed by atoms with Crippen molar-refractivity contribution >= 4 is 71.0 Å². The molecule has 0 saturated carbocycles. The van der Waals surface area contributed by atoms with Crippen molar-refractivity contribution in [3.63, 3.8) is 0 Å². The van der Waals surface area contributed by atoms with E-state index in [1.54, 1.807) is 0 Å². The zero-order valence-corrected chi connectivity index (χ0v) is 21.9. The normalized spacial score (nSPS) is 16.4. The van der Waals surface area contributed by atoms with Gasteiger partial charge in [-0.1, -0.05) is 79.7 Å². The molecule has 1 atom stereocenters. The van der Waals surface area contributed by atoms with E-state index >= 15 is 0 Å². The second-order valence-electron chi connectivity index (χ2n) is 9.45. The molecule has 3 aromatic carbocycles. The molecule has 3 aliphatic heterocycles. The van der Waals surface area contributed by atoms with E-state index < -0.39 is 14.6 Å². The van der Waals surface area contributed by atoms with E-state index in [0.29, 0.717) is 40.4 Å². The van der Waals surface area contributed by atoms with Gasteiger partial charge in [0.25, 0.3) is 0 Å². The van der Waals surface area contributed by atoms with Crippen LogP contribution in [0.5, 0.6) is 0 Å². The Kier molecular flexibility index (Phi) is 4.60. The van der Waals surface area contributed by atoms with Crippen molar-refractivity contribution in [2.75, 3.05) is 11.8 Å². The van der Waals surface area contributed by atoms with E-state index in [4.69, 9.17) is 36.0 Å². The van der Waals surface area contributed by atoms with Gasteiger partial charge in [-0.2, -0.15) is 0 Å². The predicted molar refractivity (Wildman–Crippen MR) is 152 cm³/mol. The average molecular weight is 537 g/mol. The molecular formula is C27H19BClN6O2P. The van der Waals surface area contributed by atoms with Gasteiger partial charge in [-0.3, -0.25) is 4.57 Å². The number of nitrogens with zero attached hydrogens (tertiary/aromatic N) is 6. The lowest BCUT2D eigenvalue weighted by Crippen LogP contribution is -2.49. The number of hydrogen-bond donors (Lipinski definition) is 0. The van der Waals surface area contributed by atoms with E-state index in [2.05, 4.69) is 0 Å². The van der Waals surface area contributed by atoms with Crippen LogP contribution in [0, 0.1) is 0 Å². The smallest absolute Gasteiger partial charge is 0.345 e. The standard InChI is InChI=1S/C27H19BClN6O2P/c1-2-38(36,15-29)37-28-34-24-18-11-5-7-13-20(18)26(34)33-27-21-14-8-6-12-19(21)25(35(27)28)32-23-17-10-4-3-9-16(17)22(30-23)31-24/h3-14H,2,15H2,1H3. The first-order chi connectivity index (χ1) is 18.6. The molecule has 11 heteroatoms. The fourth-order valence-electron chi connectivity index (χ4n) is 5.47. The van der Waals surface area contributed by atoms with Crippen molar-refractivity contribution in [3.05, 3.63) is 94.9 Å². The maximum Gasteiger partial charge on any atom is 0.568 e. The third-order valence-corrected chi connectivity index (χ3v) is 10.4. The molecule has 0 fully saturated rings. The number of alkyl halides is 1. The van der Waals surface area contributed by atoms with Crippen LogP contribution in [-0.4, -0.2) is 39.6 Å². The van der Waals surface area contributed by atoms with Crippen LogP contribution in [0.1, 0.15) is 18.1 Å². The number of aliphatic imine (C=N–C) groups is 2. The SMILES string of the molecule is CCP(=O)(CCl)OB1n2c3c4ccccc4c2N=c2c4ccccc4c(n21)=NC1=NC(=N3)c2ccccc21. The Balaban J connectivity index is 1.63. The molecule has 8 rings (SSSR count). The van der Waals surface area contributed by atoms with Crippen molar-refractivity contribution in [2.24, 2.45) is 20.0 Å². The van der Waals surface area contributed by atoms with Crippen LogP contribution in [0.4, 0.5) is 11.6 Å². The lowest BCUT2D eigenvalue weighted by molar-refractivity contribution is 0.476. The van der Waals surface area contributed by atoms with Gasteiger partial charge in [0, 0.05) is 38.8 Å². The summed E-state index contributed by atoms with van der Waals surface area (Å²) in [5.41, 5.74) is 3.02. The molecule has 0 radical (unpaired) electrons. The molecule has 0 N–H and O–H groups in total. The van der Waals surface area contributed by atoms with Crippen molar-refractivity contribution in [3.8, 4) is 0 Å². The van der Waals surface area contributed by atoms with E-state index in [1.807, 2.05) is 88.7 Å². The average Bonchev–Trinajstić information content (AvgIpc) is 3.58. The van der Waals surface area contributed by atoms with Crippen LogP contribution in [-0.2, 0) is 9.01 Å². The number of fused-ring (bicyclic) bond motifs is 10. The third kappa shape index (κ3) is 2.89. The Morgan fingerprint density at radius 3 is 1.87 bits per heavy atom. The number of rotatable bonds is 4. The summed E-state index contributed by atoms with van der Waals surface area (Å²) >= 11 is 6.24. The maximum atomic E-state index is 13.8. The summed E-state index contributed by atoms with van der Waals surface area (Å²) in [6.07, 6.45) is 0.296. The summed E-state index contributed by atoms with van der Waals surface area (Å²) in [5.74, 6) is 2.44. The van der Waals surface area contributed by atoms with Gasteiger partial charge in [0.15, 0.2) is 11.7 Å². The molecule has 0 amide bonds. The minimum atomic E-state index is -3.21. The molecule has 0 aliphatic carbocycles. The number of halogens is 1. The van der Waals surface area contributed by atoms with Crippen LogP contribution in [0.25, 0.3) is 21.5 Å². The van der Waals surface area contributed by atoms with Crippen molar-refractivity contribution in [1.29, 1.82) is 0 Å². The van der Waals surface area contributed by atoms with Gasteiger partial charge in [0.05, 0.1) is 5.62 Å². The molecule has 5 heterocycles. The van der Waals surface area contributed by atoms with Crippen LogP contribution < -0.4 is 11.0 Å². The van der Waals surface area contributed by atoms with Gasteiger partial charge >= 0.3 is 7.19 Å².